The molecule has 0 heterocycles. The Morgan fingerprint density at radius 2 is 2.00 bits per heavy atom. The maximum Gasteiger partial charge on any atom is 0.441 e. The highest BCUT2D eigenvalue weighted by molar-refractivity contribution is 6.62. The van der Waals surface area contributed by atoms with Crippen molar-refractivity contribution in [1.82, 2.24) is 0 Å². The van der Waals surface area contributed by atoms with Crippen molar-refractivity contribution in [2.75, 3.05) is 13.7 Å². The Hall–Kier alpha value is -1.52. The van der Waals surface area contributed by atoms with Gasteiger partial charge in [0.15, 0.2) is 0 Å². The highest BCUT2D eigenvalue weighted by Crippen LogP contribution is 2.01. The van der Waals surface area contributed by atoms with E-state index in [2.05, 4.69) is 9.53 Å². The molecule has 0 bridgehead atoms. The summed E-state index contributed by atoms with van der Waals surface area (Å²) >= 11 is 0. The second kappa shape index (κ2) is 7.84. The zero-order valence-corrected chi connectivity index (χ0v) is 8.60. The van der Waals surface area contributed by atoms with Crippen LogP contribution in [0.2, 0.25) is 0 Å². The van der Waals surface area contributed by atoms with Crippen LogP contribution in [0.15, 0.2) is 0 Å². The van der Waals surface area contributed by atoms with Gasteiger partial charge in [-0.25, -0.2) is 4.79 Å². The monoisotopic (exact) mass is 214 g/mol. The molecule has 6 nitrogen and oxygen atoms in total. The zero-order valence-electron chi connectivity index (χ0n) is 8.60. The Bertz CT molecular complexity index is 282. The van der Waals surface area contributed by atoms with Gasteiger partial charge in [-0.3, -0.25) is 4.79 Å². The predicted octanol–water partition coefficient (Wildman–Crippen LogP) is -0.0480. The smallest absolute Gasteiger partial charge is 0.441 e. The van der Waals surface area contributed by atoms with Crippen molar-refractivity contribution in [2.45, 2.75) is 25.7 Å². The minimum absolute atomic E-state index is 0.0755. The summed E-state index contributed by atoms with van der Waals surface area (Å²) in [5.74, 6) is -1.49. The third-order valence-corrected chi connectivity index (χ3v) is 1.80. The van der Waals surface area contributed by atoms with Gasteiger partial charge in [0.25, 0.3) is 5.78 Å². The summed E-state index contributed by atoms with van der Waals surface area (Å²) in [6.07, 6.45) is 1.93. The highest BCUT2D eigenvalue weighted by Gasteiger charge is 2.29. The molecule has 0 spiro atoms. The molecular weight excluding hydrogens is 200 g/mol. The number of esters is 1. The Morgan fingerprint density at radius 1 is 1.33 bits per heavy atom. The van der Waals surface area contributed by atoms with Crippen LogP contribution in [-0.2, 0) is 14.3 Å². The number of hydrogen-bond acceptors (Lipinski definition) is 4. The molecule has 1 N–H and O–H groups in total. The van der Waals surface area contributed by atoms with Crippen LogP contribution >= 0.6 is 0 Å². The first-order valence-corrected chi connectivity index (χ1v) is 4.61. The Balaban J connectivity index is 4.08. The van der Waals surface area contributed by atoms with Crippen molar-refractivity contribution >= 4 is 17.5 Å². The number of ether oxygens (including phenoxy) is 1. The van der Waals surface area contributed by atoms with Crippen LogP contribution < -0.4 is 0 Å². The maximum atomic E-state index is 11.3. The summed E-state index contributed by atoms with van der Waals surface area (Å²) in [6.45, 7) is 0.0755. The van der Waals surface area contributed by atoms with E-state index in [4.69, 9.17) is 10.6 Å². The summed E-state index contributed by atoms with van der Waals surface area (Å²) in [6, 6.07) is 0. The van der Waals surface area contributed by atoms with Crippen molar-refractivity contribution in [1.29, 1.82) is 0 Å². The van der Waals surface area contributed by atoms with Gasteiger partial charge in [0.05, 0.1) is 7.11 Å². The molecule has 0 saturated carbocycles. The summed E-state index contributed by atoms with van der Waals surface area (Å²) in [4.78, 5) is 24.8. The van der Waals surface area contributed by atoms with E-state index in [1.165, 1.54) is 0 Å². The number of rotatable bonds is 7. The average Bonchev–Trinajstić information content (AvgIpc) is 2.25. The Kier molecular flexibility index (Phi) is 7.05. The van der Waals surface area contributed by atoms with E-state index >= 15 is 0 Å². The normalized spacial score (nSPS) is 9.20. The molecule has 0 aromatic heterocycles. The van der Waals surface area contributed by atoms with E-state index in [1.807, 2.05) is 0 Å². The molecule has 0 aliphatic heterocycles. The lowest BCUT2D eigenvalue weighted by Crippen LogP contribution is -2.26. The minimum Gasteiger partial charge on any atom is -0.460 e. The second-order valence-electron chi connectivity index (χ2n) is 2.90. The number of aliphatic hydroxyl groups is 1. The molecule has 0 unspecified atom stereocenters. The van der Waals surface area contributed by atoms with Gasteiger partial charge >= 0.3 is 11.7 Å². The van der Waals surface area contributed by atoms with Crippen LogP contribution in [-0.4, -0.2) is 41.1 Å². The SMILES string of the molecule is COC(=O)C(=[N+]=[N-])C(=O)CCCCCO. The molecule has 84 valence electrons. The Labute approximate surface area is 87.5 Å². The summed E-state index contributed by atoms with van der Waals surface area (Å²) < 4.78 is 4.26. The van der Waals surface area contributed by atoms with E-state index in [1.54, 1.807) is 0 Å². The van der Waals surface area contributed by atoms with Gasteiger partial charge in [0, 0.05) is 13.0 Å². The molecule has 0 aliphatic carbocycles. The lowest BCUT2D eigenvalue weighted by Gasteiger charge is -1.96. The van der Waals surface area contributed by atoms with Crippen LogP contribution in [0.4, 0.5) is 0 Å². The molecule has 0 aromatic rings. The fourth-order valence-electron chi connectivity index (χ4n) is 1.000. The Morgan fingerprint density at radius 3 is 2.47 bits per heavy atom. The largest absolute Gasteiger partial charge is 0.460 e. The molecule has 0 atom stereocenters. The standard InChI is InChI=1S/C9H14N2O4/c1-15-9(14)8(11-10)7(13)5-3-2-4-6-12/h12H,2-6H2,1H3. The summed E-state index contributed by atoms with van der Waals surface area (Å²) in [5.41, 5.74) is 7.85. The van der Waals surface area contributed by atoms with Crippen molar-refractivity contribution in [3.05, 3.63) is 5.53 Å². The number of ketones is 1. The highest BCUT2D eigenvalue weighted by atomic mass is 16.5. The van der Waals surface area contributed by atoms with Gasteiger partial charge in [-0.1, -0.05) is 6.42 Å². The van der Waals surface area contributed by atoms with Gasteiger partial charge in [-0.15, -0.1) is 0 Å². The van der Waals surface area contributed by atoms with Crippen molar-refractivity contribution in [3.8, 4) is 0 Å². The van der Waals surface area contributed by atoms with Crippen LogP contribution in [0.25, 0.3) is 5.53 Å². The van der Waals surface area contributed by atoms with Crippen molar-refractivity contribution in [3.63, 3.8) is 0 Å². The third-order valence-electron chi connectivity index (χ3n) is 1.80. The maximum absolute atomic E-state index is 11.3. The van der Waals surface area contributed by atoms with Crippen LogP contribution in [0, 0.1) is 0 Å². The topological polar surface area (TPSA) is 100 Å². The van der Waals surface area contributed by atoms with Gasteiger partial charge in [0.1, 0.15) is 0 Å². The van der Waals surface area contributed by atoms with E-state index in [0.717, 1.165) is 7.11 Å². The first-order valence-electron chi connectivity index (χ1n) is 4.61. The molecule has 0 aromatic carbocycles. The summed E-state index contributed by atoms with van der Waals surface area (Å²) in [7, 11) is 1.10. The number of aliphatic hydroxyl groups excluding tert-OH is 1. The number of Topliss-reactive ketones (excluding diaryl/α,β-unsaturated/α-hetero) is 1. The number of hydrogen-bond donors (Lipinski definition) is 1. The van der Waals surface area contributed by atoms with E-state index < -0.39 is 17.5 Å². The van der Waals surface area contributed by atoms with E-state index in [0.29, 0.717) is 19.3 Å². The number of unbranched alkanes of at least 4 members (excludes halogenated alkanes) is 2. The van der Waals surface area contributed by atoms with E-state index in [9.17, 15) is 9.59 Å². The minimum atomic E-state index is -0.940. The van der Waals surface area contributed by atoms with Crippen LogP contribution in [0.3, 0.4) is 0 Å². The number of carbonyl (C=O) groups excluding carboxylic acids is 2. The van der Waals surface area contributed by atoms with Gasteiger partial charge in [-0.2, -0.15) is 4.79 Å². The molecule has 0 radical (unpaired) electrons. The van der Waals surface area contributed by atoms with Crippen LogP contribution in [0.5, 0.6) is 0 Å². The first kappa shape index (κ1) is 13.5. The average molecular weight is 214 g/mol. The molecule has 0 aliphatic rings. The fourth-order valence-corrected chi connectivity index (χ4v) is 1.000. The third kappa shape index (κ3) is 5.05. The van der Waals surface area contributed by atoms with Crippen molar-refractivity contribution in [2.24, 2.45) is 0 Å². The van der Waals surface area contributed by atoms with E-state index in [-0.39, 0.29) is 13.0 Å². The molecule has 0 rings (SSSR count). The quantitative estimate of drug-likeness (QED) is 0.160. The number of methoxy groups -OCH3 is 1. The lowest BCUT2D eigenvalue weighted by molar-refractivity contribution is -0.139. The molecule has 6 heteroatoms. The lowest BCUT2D eigenvalue weighted by atomic mass is 10.1. The number of carbonyl (C=O) groups is 2. The van der Waals surface area contributed by atoms with Gasteiger partial charge in [-0.05, 0) is 12.8 Å². The predicted molar refractivity (Wildman–Crippen MR) is 51.2 cm³/mol. The second-order valence-corrected chi connectivity index (χ2v) is 2.90. The fraction of sp³-hybridized carbons (Fsp3) is 0.667. The number of nitrogens with zero attached hydrogens (tertiary/aromatic N) is 2. The van der Waals surface area contributed by atoms with Crippen molar-refractivity contribution < 1.29 is 24.2 Å². The zero-order chi connectivity index (χ0) is 11.7. The van der Waals surface area contributed by atoms with Crippen LogP contribution in [0.1, 0.15) is 25.7 Å². The molecule has 0 amide bonds. The molecular formula is C9H14N2O4. The van der Waals surface area contributed by atoms with Gasteiger partial charge in [0.2, 0.25) is 0 Å². The first-order chi connectivity index (χ1) is 7.17. The molecule has 0 saturated heterocycles. The molecule has 15 heavy (non-hydrogen) atoms. The summed E-state index contributed by atoms with van der Waals surface area (Å²) in [5, 5.41) is 8.49. The molecule has 0 fully saturated rings. The van der Waals surface area contributed by atoms with Gasteiger partial charge < -0.3 is 15.4 Å².